The summed E-state index contributed by atoms with van der Waals surface area (Å²) in [5, 5.41) is 7.53. The van der Waals surface area contributed by atoms with Gasteiger partial charge in [0, 0.05) is 16.8 Å². The average molecular weight is 613 g/mol. The second kappa shape index (κ2) is 11.5. The van der Waals surface area contributed by atoms with E-state index in [9.17, 15) is 0 Å². The van der Waals surface area contributed by atoms with Crippen LogP contribution in [0.5, 0.6) is 0 Å². The van der Waals surface area contributed by atoms with E-state index in [0.29, 0.717) is 0 Å². The standard InChI is InChI=1S/C46H32N2/c1-31-47-45(34-15-4-2-5-16-34)46(35-17-6-3-7-18-35)48(31)38-28-26-33(27-29-38)43-39-20-10-12-22-41(39)44(42-23-13-11-21-40(42)43)37-25-24-32-14-8-9-19-36(32)30-37/h2-30H,1H3. The summed E-state index contributed by atoms with van der Waals surface area (Å²) in [5.74, 6) is 0.955. The van der Waals surface area contributed by atoms with Crippen molar-refractivity contribution in [3.8, 4) is 50.5 Å². The van der Waals surface area contributed by atoms with E-state index in [1.54, 1.807) is 0 Å². The summed E-state index contributed by atoms with van der Waals surface area (Å²) in [7, 11) is 0. The van der Waals surface area contributed by atoms with Crippen molar-refractivity contribution in [2.45, 2.75) is 6.92 Å². The van der Waals surface area contributed by atoms with Crippen LogP contribution in [0.1, 0.15) is 5.82 Å². The van der Waals surface area contributed by atoms with Crippen molar-refractivity contribution in [3.63, 3.8) is 0 Å². The minimum Gasteiger partial charge on any atom is -0.296 e. The zero-order valence-corrected chi connectivity index (χ0v) is 26.6. The lowest BCUT2D eigenvalue weighted by Gasteiger charge is -2.18. The van der Waals surface area contributed by atoms with Gasteiger partial charge in [0.25, 0.3) is 0 Å². The Morgan fingerprint density at radius 3 is 1.48 bits per heavy atom. The van der Waals surface area contributed by atoms with Gasteiger partial charge in [0.05, 0.1) is 11.4 Å². The fraction of sp³-hybridized carbons (Fsp3) is 0.0217. The highest BCUT2D eigenvalue weighted by molar-refractivity contribution is 6.21. The second-order valence-corrected chi connectivity index (χ2v) is 12.4. The Hall–Kier alpha value is -6.25. The van der Waals surface area contributed by atoms with Crippen molar-refractivity contribution in [2.24, 2.45) is 0 Å². The lowest BCUT2D eigenvalue weighted by atomic mass is 9.85. The normalized spacial score (nSPS) is 11.4. The number of nitrogens with zero attached hydrogens (tertiary/aromatic N) is 2. The first-order chi connectivity index (χ1) is 23.7. The van der Waals surface area contributed by atoms with Crippen molar-refractivity contribution in [1.82, 2.24) is 9.55 Å². The highest BCUT2D eigenvalue weighted by Crippen LogP contribution is 2.44. The Morgan fingerprint density at radius 1 is 0.396 bits per heavy atom. The number of hydrogen-bond acceptors (Lipinski definition) is 1. The van der Waals surface area contributed by atoms with Crippen LogP contribution in [0.15, 0.2) is 176 Å². The molecule has 0 N–H and O–H groups in total. The van der Waals surface area contributed by atoms with Gasteiger partial charge in [-0.1, -0.05) is 158 Å². The molecule has 2 heteroatoms. The molecule has 0 amide bonds. The summed E-state index contributed by atoms with van der Waals surface area (Å²) in [5.41, 5.74) is 10.4. The number of aryl methyl sites for hydroxylation is 1. The molecule has 0 aliphatic carbocycles. The minimum absolute atomic E-state index is 0.955. The highest BCUT2D eigenvalue weighted by atomic mass is 15.1. The molecule has 9 aromatic rings. The smallest absolute Gasteiger partial charge is 0.111 e. The predicted octanol–water partition coefficient (Wildman–Crippen LogP) is 12.3. The number of fused-ring (bicyclic) bond motifs is 3. The van der Waals surface area contributed by atoms with E-state index in [0.717, 1.165) is 34.0 Å². The fourth-order valence-electron chi connectivity index (χ4n) is 7.38. The number of rotatable bonds is 5. The third-order valence-electron chi connectivity index (χ3n) is 9.52. The van der Waals surface area contributed by atoms with Crippen LogP contribution in [-0.2, 0) is 0 Å². The SMILES string of the molecule is Cc1nc(-c2ccccc2)c(-c2ccccc2)n1-c1ccc(-c2c3ccccc3c(-c3ccc4ccccc4c3)c3ccccc23)cc1. The Morgan fingerprint density at radius 2 is 0.875 bits per heavy atom. The first-order valence-electron chi connectivity index (χ1n) is 16.5. The molecular formula is C46H32N2. The van der Waals surface area contributed by atoms with Crippen LogP contribution in [0, 0.1) is 6.92 Å². The van der Waals surface area contributed by atoms with Crippen molar-refractivity contribution < 1.29 is 0 Å². The van der Waals surface area contributed by atoms with Gasteiger partial charge < -0.3 is 0 Å². The molecule has 0 bridgehead atoms. The van der Waals surface area contributed by atoms with Gasteiger partial charge in [-0.05, 0) is 79.7 Å². The van der Waals surface area contributed by atoms with Crippen LogP contribution in [0.3, 0.4) is 0 Å². The lowest BCUT2D eigenvalue weighted by Crippen LogP contribution is -2.00. The fourth-order valence-corrected chi connectivity index (χ4v) is 7.38. The van der Waals surface area contributed by atoms with E-state index in [1.165, 1.54) is 54.6 Å². The maximum absolute atomic E-state index is 5.12. The molecule has 0 unspecified atom stereocenters. The minimum atomic E-state index is 0.955. The number of imidazole rings is 1. The zero-order chi connectivity index (χ0) is 32.0. The molecule has 0 aliphatic rings. The van der Waals surface area contributed by atoms with Crippen molar-refractivity contribution in [2.75, 3.05) is 0 Å². The Kier molecular flexibility index (Phi) is 6.72. The van der Waals surface area contributed by atoms with E-state index < -0.39 is 0 Å². The third-order valence-corrected chi connectivity index (χ3v) is 9.52. The molecule has 48 heavy (non-hydrogen) atoms. The summed E-state index contributed by atoms with van der Waals surface area (Å²) >= 11 is 0. The van der Waals surface area contributed by atoms with Crippen LogP contribution in [0.4, 0.5) is 0 Å². The second-order valence-electron chi connectivity index (χ2n) is 12.4. The van der Waals surface area contributed by atoms with Gasteiger partial charge in [-0.25, -0.2) is 4.98 Å². The van der Waals surface area contributed by atoms with Crippen molar-refractivity contribution >= 4 is 32.3 Å². The maximum Gasteiger partial charge on any atom is 0.111 e. The highest BCUT2D eigenvalue weighted by Gasteiger charge is 2.20. The van der Waals surface area contributed by atoms with E-state index >= 15 is 0 Å². The third kappa shape index (κ3) is 4.61. The average Bonchev–Trinajstić information content (AvgIpc) is 3.51. The summed E-state index contributed by atoms with van der Waals surface area (Å²) < 4.78 is 2.29. The monoisotopic (exact) mass is 612 g/mol. The van der Waals surface area contributed by atoms with Gasteiger partial charge in [0.15, 0.2) is 0 Å². The molecule has 8 aromatic carbocycles. The molecule has 9 rings (SSSR count). The molecule has 0 spiro atoms. The molecule has 0 saturated carbocycles. The summed E-state index contributed by atoms with van der Waals surface area (Å²) in [4.78, 5) is 5.12. The summed E-state index contributed by atoms with van der Waals surface area (Å²) in [6, 6.07) is 63.3. The van der Waals surface area contributed by atoms with Crippen molar-refractivity contribution in [3.05, 3.63) is 182 Å². The molecule has 226 valence electrons. The quantitative estimate of drug-likeness (QED) is 0.177. The van der Waals surface area contributed by atoms with E-state index in [2.05, 4.69) is 187 Å². The first-order valence-corrected chi connectivity index (χ1v) is 16.5. The van der Waals surface area contributed by atoms with Gasteiger partial charge in [-0.2, -0.15) is 0 Å². The zero-order valence-electron chi connectivity index (χ0n) is 26.6. The summed E-state index contributed by atoms with van der Waals surface area (Å²) in [6.07, 6.45) is 0. The topological polar surface area (TPSA) is 17.8 Å². The summed E-state index contributed by atoms with van der Waals surface area (Å²) in [6.45, 7) is 2.10. The molecule has 0 radical (unpaired) electrons. The molecule has 0 aliphatic heterocycles. The molecule has 0 saturated heterocycles. The Labute approximate surface area is 280 Å². The molecule has 1 aromatic heterocycles. The van der Waals surface area contributed by atoms with Crippen molar-refractivity contribution in [1.29, 1.82) is 0 Å². The maximum atomic E-state index is 5.12. The Bertz CT molecular complexity index is 2540. The number of aromatic nitrogens is 2. The Balaban J connectivity index is 1.24. The molecular weight excluding hydrogens is 581 g/mol. The van der Waals surface area contributed by atoms with E-state index in [1.807, 2.05) is 0 Å². The first kappa shape index (κ1) is 28.0. The van der Waals surface area contributed by atoms with Gasteiger partial charge in [0.2, 0.25) is 0 Å². The van der Waals surface area contributed by atoms with Crippen LogP contribution in [-0.4, -0.2) is 9.55 Å². The lowest BCUT2D eigenvalue weighted by molar-refractivity contribution is 0.980. The van der Waals surface area contributed by atoms with Gasteiger partial charge in [0.1, 0.15) is 5.82 Å². The predicted molar refractivity (Wildman–Crippen MR) is 203 cm³/mol. The van der Waals surface area contributed by atoms with Crippen LogP contribution in [0.2, 0.25) is 0 Å². The number of benzene rings is 8. The molecule has 1 heterocycles. The van der Waals surface area contributed by atoms with Crippen LogP contribution < -0.4 is 0 Å². The van der Waals surface area contributed by atoms with Crippen LogP contribution >= 0.6 is 0 Å². The molecule has 2 nitrogen and oxygen atoms in total. The van der Waals surface area contributed by atoms with E-state index in [-0.39, 0.29) is 0 Å². The largest absolute Gasteiger partial charge is 0.296 e. The van der Waals surface area contributed by atoms with E-state index in [4.69, 9.17) is 4.98 Å². The molecule has 0 fully saturated rings. The molecule has 0 atom stereocenters. The van der Waals surface area contributed by atoms with Crippen LogP contribution in [0.25, 0.3) is 82.8 Å². The van der Waals surface area contributed by atoms with Gasteiger partial charge >= 0.3 is 0 Å². The number of hydrogen-bond donors (Lipinski definition) is 0. The van der Waals surface area contributed by atoms with Gasteiger partial charge in [-0.3, -0.25) is 4.57 Å². The van der Waals surface area contributed by atoms with Gasteiger partial charge in [-0.15, -0.1) is 0 Å².